The van der Waals surface area contributed by atoms with Crippen LogP contribution in [0.25, 0.3) is 0 Å². The van der Waals surface area contributed by atoms with Crippen molar-refractivity contribution in [3.63, 3.8) is 0 Å². The quantitative estimate of drug-likeness (QED) is 0.212. The lowest BCUT2D eigenvalue weighted by molar-refractivity contribution is -0.137. The van der Waals surface area contributed by atoms with Crippen LogP contribution in [0.4, 0.5) is 0 Å². The van der Waals surface area contributed by atoms with Crippen molar-refractivity contribution in [3.05, 3.63) is 0 Å². The van der Waals surface area contributed by atoms with Crippen LogP contribution in [0, 0.1) is 0 Å². The molecule has 0 fully saturated rings. The van der Waals surface area contributed by atoms with Gasteiger partial charge in [-0.3, -0.25) is 4.79 Å². The fourth-order valence-electron chi connectivity index (χ4n) is 3.63. The zero-order valence-corrected chi connectivity index (χ0v) is 23.2. The minimum atomic E-state index is -2.70. The molecule has 0 aromatic carbocycles. The summed E-state index contributed by atoms with van der Waals surface area (Å²) >= 11 is 0. The molecule has 32 heavy (non-hydrogen) atoms. The topological polar surface area (TPSA) is 95.9 Å². The second-order valence-corrected chi connectivity index (χ2v) is 12.6. The van der Waals surface area contributed by atoms with E-state index in [4.69, 9.17) is 31.7 Å². The van der Waals surface area contributed by atoms with E-state index in [1.54, 1.807) is 0 Å². The van der Waals surface area contributed by atoms with Gasteiger partial charge in [-0.05, 0) is 67.5 Å². The molecule has 1 N–H and O–H groups in total. The Morgan fingerprint density at radius 1 is 0.625 bits per heavy atom. The summed E-state index contributed by atoms with van der Waals surface area (Å²) in [5, 5.41) is 9.16. The first-order chi connectivity index (χ1) is 15.4. The maximum Gasteiger partial charge on any atom is 0.500 e. The van der Waals surface area contributed by atoms with Gasteiger partial charge in [0.15, 0.2) is 0 Å². The average molecular weight is 498 g/mol. The summed E-state index contributed by atoms with van der Waals surface area (Å²) in [4.78, 5) is 13.3. The van der Waals surface area contributed by atoms with Crippen molar-refractivity contribution in [1.82, 2.24) is 4.90 Å². The molecule has 0 saturated carbocycles. The van der Waals surface area contributed by atoms with Gasteiger partial charge in [0.25, 0.3) is 0 Å². The van der Waals surface area contributed by atoms with Crippen LogP contribution in [0.5, 0.6) is 0 Å². The molecule has 0 aromatic heterocycles. The Kier molecular flexibility index (Phi) is 18.8. The molecule has 0 aliphatic carbocycles. The molecule has 0 aliphatic heterocycles. The second-order valence-electron chi connectivity index (χ2n) is 7.16. The van der Waals surface area contributed by atoms with Gasteiger partial charge in [-0.2, -0.15) is 0 Å². The maximum absolute atomic E-state index is 11.1. The predicted molar refractivity (Wildman–Crippen MR) is 129 cm³/mol. The standard InChI is InChI=1S/C21H47NO8Si2/c1-7-25-31(26-8-2,27-9-3)19-13-16-22(18-15-21(23)24)17-14-20-32(28-10-4,29-11-5)30-12-6/h7-20H2,1-6H3,(H,23,24). The van der Waals surface area contributed by atoms with Crippen LogP contribution in [0.2, 0.25) is 12.1 Å². The van der Waals surface area contributed by atoms with Crippen molar-refractivity contribution in [2.45, 2.75) is 72.9 Å². The molecule has 0 unspecified atom stereocenters. The molecular weight excluding hydrogens is 450 g/mol. The Hall–Kier alpha value is -0.376. The molecule has 0 aromatic rings. The van der Waals surface area contributed by atoms with Crippen molar-refractivity contribution in [2.75, 3.05) is 59.3 Å². The highest BCUT2D eigenvalue weighted by Gasteiger charge is 2.41. The lowest BCUT2D eigenvalue weighted by Gasteiger charge is -2.31. The number of carbonyl (C=O) groups is 1. The van der Waals surface area contributed by atoms with Gasteiger partial charge in [0.05, 0.1) is 6.42 Å². The zero-order chi connectivity index (χ0) is 24.3. The van der Waals surface area contributed by atoms with Crippen LogP contribution in [0.1, 0.15) is 60.8 Å². The number of hydrogen-bond acceptors (Lipinski definition) is 8. The normalized spacial score (nSPS) is 12.6. The highest BCUT2D eigenvalue weighted by molar-refractivity contribution is 6.61. The monoisotopic (exact) mass is 497 g/mol. The van der Waals surface area contributed by atoms with Crippen molar-refractivity contribution in [1.29, 1.82) is 0 Å². The summed E-state index contributed by atoms with van der Waals surface area (Å²) < 4.78 is 35.6. The van der Waals surface area contributed by atoms with Gasteiger partial charge in [-0.25, -0.2) is 0 Å². The van der Waals surface area contributed by atoms with Crippen LogP contribution in [-0.2, 0) is 31.4 Å². The summed E-state index contributed by atoms with van der Waals surface area (Å²) in [5.74, 6) is -0.793. The first-order valence-corrected chi connectivity index (χ1v) is 16.0. The maximum atomic E-state index is 11.1. The van der Waals surface area contributed by atoms with E-state index in [9.17, 15) is 4.79 Å². The van der Waals surface area contributed by atoms with Crippen LogP contribution in [-0.4, -0.2) is 92.9 Å². The van der Waals surface area contributed by atoms with Gasteiger partial charge >= 0.3 is 23.6 Å². The zero-order valence-electron chi connectivity index (χ0n) is 21.2. The van der Waals surface area contributed by atoms with Crippen LogP contribution in [0.3, 0.4) is 0 Å². The number of carboxylic acids is 1. The highest BCUT2D eigenvalue weighted by atomic mass is 28.4. The Morgan fingerprint density at radius 2 is 0.938 bits per heavy atom. The van der Waals surface area contributed by atoms with Gasteiger partial charge in [-0.1, -0.05) is 0 Å². The molecule has 0 heterocycles. The number of hydrogen-bond donors (Lipinski definition) is 1. The summed E-state index contributed by atoms with van der Waals surface area (Å²) in [7, 11) is -5.39. The molecule has 192 valence electrons. The van der Waals surface area contributed by atoms with E-state index in [2.05, 4.69) is 4.90 Å². The fourth-order valence-corrected chi connectivity index (χ4v) is 8.82. The van der Waals surface area contributed by atoms with E-state index >= 15 is 0 Å². The van der Waals surface area contributed by atoms with Gasteiger partial charge in [-0.15, -0.1) is 0 Å². The lowest BCUT2D eigenvalue weighted by atomic mass is 10.3. The average Bonchev–Trinajstić information content (AvgIpc) is 2.73. The van der Waals surface area contributed by atoms with Gasteiger partial charge in [0.1, 0.15) is 0 Å². The van der Waals surface area contributed by atoms with E-state index in [0.29, 0.717) is 58.3 Å². The predicted octanol–water partition coefficient (Wildman–Crippen LogP) is 3.64. The Morgan fingerprint density at radius 3 is 1.19 bits per heavy atom. The molecule has 0 rings (SSSR count). The third kappa shape index (κ3) is 13.4. The first-order valence-electron chi connectivity index (χ1n) is 12.1. The molecular formula is C21H47NO8Si2. The Bertz CT molecular complexity index is 407. The molecule has 0 saturated heterocycles. The fraction of sp³-hybridized carbons (Fsp3) is 0.952. The van der Waals surface area contributed by atoms with Crippen molar-refractivity contribution < 1.29 is 36.5 Å². The van der Waals surface area contributed by atoms with Crippen molar-refractivity contribution >= 4 is 23.6 Å². The third-order valence-electron chi connectivity index (χ3n) is 4.74. The van der Waals surface area contributed by atoms with Gasteiger partial charge in [0.2, 0.25) is 0 Å². The van der Waals surface area contributed by atoms with E-state index in [0.717, 1.165) is 25.9 Å². The van der Waals surface area contributed by atoms with Crippen LogP contribution in [0.15, 0.2) is 0 Å². The van der Waals surface area contributed by atoms with Gasteiger partial charge in [0, 0.05) is 58.3 Å². The summed E-state index contributed by atoms with van der Waals surface area (Å²) in [5.41, 5.74) is 0. The summed E-state index contributed by atoms with van der Waals surface area (Å²) in [6.07, 6.45) is 1.74. The third-order valence-corrected chi connectivity index (χ3v) is 11.0. The van der Waals surface area contributed by atoms with E-state index in [-0.39, 0.29) is 6.42 Å². The van der Waals surface area contributed by atoms with Crippen LogP contribution < -0.4 is 0 Å². The largest absolute Gasteiger partial charge is 0.500 e. The first kappa shape index (κ1) is 31.6. The van der Waals surface area contributed by atoms with E-state index < -0.39 is 23.6 Å². The number of rotatable bonds is 23. The number of carboxylic acid groups (broad SMARTS) is 1. The molecule has 0 spiro atoms. The molecule has 0 bridgehead atoms. The Balaban J connectivity index is 4.99. The highest BCUT2D eigenvalue weighted by Crippen LogP contribution is 2.21. The molecule has 9 nitrogen and oxygen atoms in total. The van der Waals surface area contributed by atoms with E-state index in [1.807, 2.05) is 41.5 Å². The summed E-state index contributed by atoms with van der Waals surface area (Å²) in [6, 6.07) is 1.42. The van der Waals surface area contributed by atoms with Crippen molar-refractivity contribution in [3.8, 4) is 0 Å². The van der Waals surface area contributed by atoms with Crippen LogP contribution >= 0.6 is 0 Å². The van der Waals surface area contributed by atoms with E-state index in [1.165, 1.54) is 0 Å². The minimum Gasteiger partial charge on any atom is -0.481 e. The molecule has 0 radical (unpaired) electrons. The molecule has 0 amide bonds. The molecule has 11 heteroatoms. The molecule has 0 atom stereocenters. The number of nitrogens with zero attached hydrogens (tertiary/aromatic N) is 1. The number of aliphatic carboxylic acids is 1. The lowest BCUT2D eigenvalue weighted by Crippen LogP contribution is -2.47. The minimum absolute atomic E-state index is 0.107. The second kappa shape index (κ2) is 19.0. The van der Waals surface area contributed by atoms with Gasteiger partial charge < -0.3 is 36.6 Å². The summed E-state index contributed by atoms with van der Waals surface area (Å²) in [6.45, 7) is 17.0. The SMILES string of the molecule is CCO[Si](CCCN(CCC[Si](OCC)(OCC)OCC)CCC(=O)O)(OCC)OCC. The smallest absolute Gasteiger partial charge is 0.481 e. The van der Waals surface area contributed by atoms with Crippen molar-refractivity contribution in [2.24, 2.45) is 0 Å². The molecule has 0 aliphatic rings. The Labute approximate surface area is 197 Å².